The van der Waals surface area contributed by atoms with Crippen molar-refractivity contribution in [3.05, 3.63) is 71.7 Å². The molecule has 132 valence electrons. The van der Waals surface area contributed by atoms with Crippen molar-refractivity contribution in [2.75, 3.05) is 19.6 Å². The number of fused-ring (bicyclic) bond motifs is 1. The van der Waals surface area contributed by atoms with Gasteiger partial charge in [-0.3, -0.25) is 0 Å². The van der Waals surface area contributed by atoms with Gasteiger partial charge in [0, 0.05) is 31.3 Å². The summed E-state index contributed by atoms with van der Waals surface area (Å²) >= 11 is 0. The van der Waals surface area contributed by atoms with Gasteiger partial charge < -0.3 is 9.47 Å². The lowest BCUT2D eigenvalue weighted by Crippen LogP contribution is -2.24. The zero-order chi connectivity index (χ0) is 17.9. The summed E-state index contributed by atoms with van der Waals surface area (Å²) in [6, 6.07) is 17.1. The third-order valence-corrected chi connectivity index (χ3v) is 5.33. The highest BCUT2D eigenvalue weighted by Gasteiger charge is 2.22. The lowest BCUT2D eigenvalue weighted by molar-refractivity contribution is 0.321. The molecule has 2 heterocycles. The average Bonchev–Trinajstić information content (AvgIpc) is 3.27. The molecular weight excluding hydrogens is 325 g/mol. The van der Waals surface area contributed by atoms with Crippen LogP contribution in [0.15, 0.2) is 54.7 Å². The van der Waals surface area contributed by atoms with Crippen LogP contribution in [0.2, 0.25) is 0 Å². The Morgan fingerprint density at radius 2 is 2.08 bits per heavy atom. The highest BCUT2D eigenvalue weighted by atomic mass is 19.1. The van der Waals surface area contributed by atoms with Crippen molar-refractivity contribution < 1.29 is 4.39 Å². The molecule has 1 atom stereocenters. The highest BCUT2D eigenvalue weighted by Crippen LogP contribution is 2.23. The van der Waals surface area contributed by atoms with Gasteiger partial charge in [0.05, 0.1) is 11.6 Å². The molecule has 0 N–H and O–H groups in total. The van der Waals surface area contributed by atoms with Crippen molar-refractivity contribution in [2.24, 2.45) is 5.92 Å². The minimum absolute atomic E-state index is 0.155. The van der Waals surface area contributed by atoms with E-state index in [1.54, 1.807) is 12.1 Å². The summed E-state index contributed by atoms with van der Waals surface area (Å²) in [6.45, 7) is 4.13. The largest absolute Gasteiger partial charge is 0.347 e. The maximum Gasteiger partial charge on any atom is 0.123 e. The van der Waals surface area contributed by atoms with Gasteiger partial charge in [0.15, 0.2) is 0 Å². The monoisotopic (exact) mass is 347 g/mol. The number of nitrogens with zero attached hydrogens (tertiary/aromatic N) is 3. The van der Waals surface area contributed by atoms with Crippen LogP contribution in [0, 0.1) is 23.1 Å². The van der Waals surface area contributed by atoms with Crippen LogP contribution in [0.25, 0.3) is 10.9 Å². The number of likely N-dealkylation sites (tertiary alicyclic amines) is 1. The molecule has 1 fully saturated rings. The van der Waals surface area contributed by atoms with E-state index < -0.39 is 0 Å². The average molecular weight is 347 g/mol. The Hall–Kier alpha value is -2.64. The molecule has 26 heavy (non-hydrogen) atoms. The van der Waals surface area contributed by atoms with Crippen molar-refractivity contribution in [1.29, 1.82) is 5.26 Å². The Labute approximate surface area is 153 Å². The van der Waals surface area contributed by atoms with Crippen LogP contribution in [0.1, 0.15) is 17.5 Å². The summed E-state index contributed by atoms with van der Waals surface area (Å²) in [5, 5.41) is 10.3. The second kappa shape index (κ2) is 7.31. The first kappa shape index (κ1) is 16.8. The predicted octanol–water partition coefficient (Wildman–Crippen LogP) is 4.22. The molecule has 4 heteroatoms. The van der Waals surface area contributed by atoms with E-state index in [4.69, 9.17) is 5.26 Å². The summed E-state index contributed by atoms with van der Waals surface area (Å²) in [5.74, 6) is 0.460. The van der Waals surface area contributed by atoms with Crippen LogP contribution in [0.3, 0.4) is 0 Å². The third kappa shape index (κ3) is 3.63. The smallest absolute Gasteiger partial charge is 0.123 e. The first-order valence-electron chi connectivity index (χ1n) is 9.17. The SMILES string of the molecule is N#Cc1ccc2ccn(CC3CCN(CCc4cccc(F)c4)C3)c2c1. The van der Waals surface area contributed by atoms with Crippen molar-refractivity contribution in [3.63, 3.8) is 0 Å². The predicted molar refractivity (Wildman–Crippen MR) is 101 cm³/mol. The molecule has 0 bridgehead atoms. The van der Waals surface area contributed by atoms with Gasteiger partial charge >= 0.3 is 0 Å². The van der Waals surface area contributed by atoms with Crippen LogP contribution in [-0.4, -0.2) is 29.1 Å². The van der Waals surface area contributed by atoms with Crippen LogP contribution in [0.5, 0.6) is 0 Å². The summed E-state index contributed by atoms with van der Waals surface area (Å²) in [5.41, 5.74) is 2.91. The number of halogens is 1. The maximum atomic E-state index is 13.3. The number of hydrogen-bond acceptors (Lipinski definition) is 2. The quantitative estimate of drug-likeness (QED) is 0.692. The normalized spacial score (nSPS) is 17.6. The van der Waals surface area contributed by atoms with Crippen LogP contribution in [0.4, 0.5) is 4.39 Å². The Bertz CT molecular complexity index is 953. The molecule has 0 aliphatic carbocycles. The Kier molecular flexibility index (Phi) is 4.73. The van der Waals surface area contributed by atoms with E-state index in [9.17, 15) is 4.39 Å². The third-order valence-electron chi connectivity index (χ3n) is 5.33. The van der Waals surface area contributed by atoms with Gasteiger partial charge in [0.1, 0.15) is 5.82 Å². The summed E-state index contributed by atoms with van der Waals surface area (Å²) in [4.78, 5) is 2.47. The summed E-state index contributed by atoms with van der Waals surface area (Å²) in [7, 11) is 0. The van der Waals surface area contributed by atoms with Crippen LogP contribution in [-0.2, 0) is 13.0 Å². The molecule has 4 rings (SSSR count). The van der Waals surface area contributed by atoms with Gasteiger partial charge in [-0.2, -0.15) is 5.26 Å². The second-order valence-electron chi connectivity index (χ2n) is 7.19. The fourth-order valence-electron chi connectivity index (χ4n) is 3.94. The standard InChI is InChI=1S/C22H22FN3/c23-21-3-1-2-17(12-21)6-9-25-10-7-19(15-25)16-26-11-8-20-5-4-18(14-24)13-22(20)26/h1-5,8,11-13,19H,6-7,9-10,15-16H2. The Balaban J connectivity index is 1.36. The van der Waals surface area contributed by atoms with Gasteiger partial charge in [-0.05, 0) is 66.6 Å². The zero-order valence-corrected chi connectivity index (χ0v) is 14.7. The molecule has 1 saturated heterocycles. The molecule has 0 amide bonds. The van der Waals surface area contributed by atoms with Gasteiger partial charge in [0.25, 0.3) is 0 Å². The molecule has 0 spiro atoms. The lowest BCUT2D eigenvalue weighted by Gasteiger charge is -2.17. The van der Waals surface area contributed by atoms with E-state index >= 15 is 0 Å². The van der Waals surface area contributed by atoms with Crippen molar-refractivity contribution in [2.45, 2.75) is 19.4 Å². The molecule has 3 nitrogen and oxygen atoms in total. The fourth-order valence-corrected chi connectivity index (χ4v) is 3.94. The zero-order valence-electron chi connectivity index (χ0n) is 14.7. The molecule has 0 saturated carbocycles. The van der Waals surface area contributed by atoms with E-state index in [-0.39, 0.29) is 5.82 Å². The van der Waals surface area contributed by atoms with E-state index in [2.05, 4.69) is 27.8 Å². The Morgan fingerprint density at radius 1 is 1.15 bits per heavy atom. The minimum atomic E-state index is -0.155. The Morgan fingerprint density at radius 3 is 2.92 bits per heavy atom. The molecule has 1 aromatic heterocycles. The topological polar surface area (TPSA) is 32.0 Å². The maximum absolute atomic E-state index is 13.3. The summed E-state index contributed by atoms with van der Waals surface area (Å²) in [6.07, 6.45) is 4.20. The number of hydrogen-bond donors (Lipinski definition) is 0. The molecule has 1 aliphatic heterocycles. The fraction of sp³-hybridized carbons (Fsp3) is 0.318. The number of benzene rings is 2. The van der Waals surface area contributed by atoms with E-state index in [0.717, 1.165) is 43.7 Å². The number of rotatable bonds is 5. The van der Waals surface area contributed by atoms with Crippen molar-refractivity contribution in [1.82, 2.24) is 9.47 Å². The van der Waals surface area contributed by atoms with Crippen molar-refractivity contribution >= 4 is 10.9 Å². The molecule has 1 unspecified atom stereocenters. The lowest BCUT2D eigenvalue weighted by atomic mass is 10.1. The second-order valence-corrected chi connectivity index (χ2v) is 7.19. The van der Waals surface area contributed by atoms with Gasteiger partial charge in [0.2, 0.25) is 0 Å². The molecule has 1 aliphatic rings. The molecular formula is C22H22FN3. The molecule has 0 radical (unpaired) electrons. The first-order chi connectivity index (χ1) is 12.7. The molecule has 3 aromatic rings. The molecule has 2 aromatic carbocycles. The van der Waals surface area contributed by atoms with Gasteiger partial charge in [-0.25, -0.2) is 4.39 Å². The van der Waals surface area contributed by atoms with Gasteiger partial charge in [-0.1, -0.05) is 18.2 Å². The van der Waals surface area contributed by atoms with Gasteiger partial charge in [-0.15, -0.1) is 0 Å². The van der Waals surface area contributed by atoms with Crippen LogP contribution >= 0.6 is 0 Å². The van der Waals surface area contributed by atoms with Crippen molar-refractivity contribution in [3.8, 4) is 6.07 Å². The summed E-state index contributed by atoms with van der Waals surface area (Å²) < 4.78 is 15.6. The highest BCUT2D eigenvalue weighted by molar-refractivity contribution is 5.81. The number of aromatic nitrogens is 1. The van der Waals surface area contributed by atoms with E-state index in [1.807, 2.05) is 24.3 Å². The van der Waals surface area contributed by atoms with E-state index in [0.29, 0.717) is 11.5 Å². The van der Waals surface area contributed by atoms with E-state index in [1.165, 1.54) is 17.9 Å². The first-order valence-corrected chi connectivity index (χ1v) is 9.17. The van der Waals surface area contributed by atoms with Crippen LogP contribution < -0.4 is 0 Å². The minimum Gasteiger partial charge on any atom is -0.347 e. The number of nitriles is 1.